The Kier molecular flexibility index (Phi) is 5.83. The van der Waals surface area contributed by atoms with Crippen LogP contribution in [0, 0.1) is 5.92 Å². The number of aliphatic hydroxyl groups is 1. The second-order valence-corrected chi connectivity index (χ2v) is 6.85. The first-order valence-electron chi connectivity index (χ1n) is 8.90. The molecule has 25 heavy (non-hydrogen) atoms. The quantitative estimate of drug-likeness (QED) is 0.838. The molecule has 0 saturated carbocycles. The number of carbonyl (C=O) groups excluding carboxylic acids is 1. The van der Waals surface area contributed by atoms with Gasteiger partial charge in [-0.3, -0.25) is 4.79 Å². The van der Waals surface area contributed by atoms with Crippen molar-refractivity contribution in [2.45, 2.75) is 25.9 Å². The number of benzene rings is 1. The van der Waals surface area contributed by atoms with E-state index in [2.05, 4.69) is 22.2 Å². The van der Waals surface area contributed by atoms with Crippen molar-refractivity contribution in [2.75, 3.05) is 26.2 Å². The van der Waals surface area contributed by atoms with Crippen molar-refractivity contribution in [1.82, 2.24) is 20.0 Å². The van der Waals surface area contributed by atoms with Crippen LogP contribution in [0.4, 0.5) is 0 Å². The largest absolute Gasteiger partial charge is 0.390 e. The van der Waals surface area contributed by atoms with Crippen molar-refractivity contribution in [2.24, 2.45) is 5.92 Å². The first kappa shape index (κ1) is 17.6. The molecule has 1 aliphatic heterocycles. The highest BCUT2D eigenvalue weighted by molar-refractivity contribution is 5.94. The van der Waals surface area contributed by atoms with Crippen LogP contribution in [0.15, 0.2) is 42.7 Å². The molecule has 6 heteroatoms. The molecule has 1 aromatic heterocycles. The number of aromatic nitrogens is 2. The van der Waals surface area contributed by atoms with E-state index in [1.807, 2.05) is 24.4 Å². The van der Waals surface area contributed by atoms with Crippen LogP contribution in [0.5, 0.6) is 0 Å². The topological polar surface area (TPSA) is 70.4 Å². The van der Waals surface area contributed by atoms with E-state index < -0.39 is 6.10 Å². The predicted molar refractivity (Wildman–Crippen MR) is 96.7 cm³/mol. The Balaban J connectivity index is 1.50. The summed E-state index contributed by atoms with van der Waals surface area (Å²) in [6, 6.07) is 9.12. The fraction of sp³-hybridized carbons (Fsp3) is 0.474. The molecule has 1 amide bonds. The molecule has 134 valence electrons. The zero-order valence-corrected chi connectivity index (χ0v) is 14.6. The lowest BCUT2D eigenvalue weighted by Gasteiger charge is -2.31. The van der Waals surface area contributed by atoms with E-state index in [-0.39, 0.29) is 12.5 Å². The van der Waals surface area contributed by atoms with Gasteiger partial charge in [-0.05, 0) is 56.1 Å². The van der Waals surface area contributed by atoms with Crippen LogP contribution < -0.4 is 5.32 Å². The number of rotatable bonds is 6. The monoisotopic (exact) mass is 342 g/mol. The second kappa shape index (κ2) is 8.27. The SMILES string of the molecule is CC1CCN(CC(O)CNC(=O)c2cccc(-n3cccn3)c2)CC1. The lowest BCUT2D eigenvalue weighted by atomic mass is 9.99. The second-order valence-electron chi connectivity index (χ2n) is 6.85. The van der Waals surface area contributed by atoms with Crippen LogP contribution in [-0.2, 0) is 0 Å². The Bertz CT molecular complexity index is 678. The van der Waals surface area contributed by atoms with E-state index in [0.717, 1.165) is 24.7 Å². The van der Waals surface area contributed by atoms with Gasteiger partial charge in [-0.1, -0.05) is 13.0 Å². The summed E-state index contributed by atoms with van der Waals surface area (Å²) in [6.45, 7) is 5.19. The Morgan fingerprint density at radius 2 is 2.16 bits per heavy atom. The van der Waals surface area contributed by atoms with E-state index in [4.69, 9.17) is 0 Å². The normalized spacial score (nSPS) is 17.4. The summed E-state index contributed by atoms with van der Waals surface area (Å²) in [4.78, 5) is 14.6. The van der Waals surface area contributed by atoms with Crippen molar-refractivity contribution in [3.63, 3.8) is 0 Å². The van der Waals surface area contributed by atoms with E-state index in [1.54, 1.807) is 23.0 Å². The number of nitrogens with one attached hydrogen (secondary N) is 1. The number of β-amino-alcohol motifs (C(OH)–C–C–N with tert-alkyl or cyclic N) is 1. The first-order chi connectivity index (χ1) is 12.1. The molecule has 1 aromatic carbocycles. The standard InChI is InChI=1S/C19H26N4O2/c1-15-6-10-22(11-7-15)14-18(24)13-20-19(25)16-4-2-5-17(12-16)23-9-3-8-21-23/h2-5,8-9,12,15,18,24H,6-7,10-11,13-14H2,1H3,(H,20,25). The smallest absolute Gasteiger partial charge is 0.251 e. The number of carbonyl (C=O) groups is 1. The van der Waals surface area contributed by atoms with Gasteiger partial charge in [-0.15, -0.1) is 0 Å². The molecule has 0 radical (unpaired) electrons. The van der Waals surface area contributed by atoms with Gasteiger partial charge in [0, 0.05) is 31.0 Å². The fourth-order valence-electron chi connectivity index (χ4n) is 3.13. The molecular formula is C19H26N4O2. The highest BCUT2D eigenvalue weighted by Gasteiger charge is 2.18. The van der Waals surface area contributed by atoms with Crippen molar-refractivity contribution < 1.29 is 9.90 Å². The Labute approximate surface area is 148 Å². The summed E-state index contributed by atoms with van der Waals surface area (Å²) in [5.41, 5.74) is 1.40. The third kappa shape index (κ3) is 4.90. The van der Waals surface area contributed by atoms with E-state index in [9.17, 15) is 9.90 Å². The van der Waals surface area contributed by atoms with Crippen molar-refractivity contribution >= 4 is 5.91 Å². The summed E-state index contributed by atoms with van der Waals surface area (Å²) in [5, 5.41) is 17.2. The van der Waals surface area contributed by atoms with Gasteiger partial charge in [0.2, 0.25) is 0 Å². The number of likely N-dealkylation sites (tertiary alicyclic amines) is 1. The fourth-order valence-corrected chi connectivity index (χ4v) is 3.13. The zero-order valence-electron chi connectivity index (χ0n) is 14.6. The van der Waals surface area contributed by atoms with Crippen LogP contribution >= 0.6 is 0 Å². The van der Waals surface area contributed by atoms with Crippen LogP contribution in [-0.4, -0.2) is 58.0 Å². The molecule has 1 atom stereocenters. The average molecular weight is 342 g/mol. The third-order valence-corrected chi connectivity index (χ3v) is 4.72. The maximum absolute atomic E-state index is 12.3. The van der Waals surface area contributed by atoms with Crippen LogP contribution in [0.2, 0.25) is 0 Å². The maximum Gasteiger partial charge on any atom is 0.251 e. The molecule has 2 aromatic rings. The molecule has 1 unspecified atom stereocenters. The van der Waals surface area contributed by atoms with Crippen LogP contribution in [0.1, 0.15) is 30.1 Å². The summed E-state index contributed by atoms with van der Waals surface area (Å²) >= 11 is 0. The van der Waals surface area contributed by atoms with E-state index in [0.29, 0.717) is 12.1 Å². The molecule has 2 heterocycles. The molecule has 0 aliphatic carbocycles. The average Bonchev–Trinajstić information content (AvgIpc) is 3.16. The van der Waals surface area contributed by atoms with Gasteiger partial charge >= 0.3 is 0 Å². The van der Waals surface area contributed by atoms with Crippen LogP contribution in [0.25, 0.3) is 5.69 Å². The van der Waals surface area contributed by atoms with Crippen molar-refractivity contribution in [1.29, 1.82) is 0 Å². The predicted octanol–water partition coefficient (Wildman–Crippen LogP) is 1.69. The lowest BCUT2D eigenvalue weighted by molar-refractivity contribution is 0.0795. The number of hydrogen-bond donors (Lipinski definition) is 2. The van der Waals surface area contributed by atoms with E-state index in [1.165, 1.54) is 12.8 Å². The van der Waals surface area contributed by atoms with Gasteiger partial charge in [-0.25, -0.2) is 4.68 Å². The van der Waals surface area contributed by atoms with Gasteiger partial charge in [0.1, 0.15) is 0 Å². The molecule has 3 rings (SSSR count). The number of aliphatic hydroxyl groups excluding tert-OH is 1. The molecule has 1 fully saturated rings. The minimum atomic E-state index is -0.549. The van der Waals surface area contributed by atoms with Gasteiger partial charge in [0.25, 0.3) is 5.91 Å². The van der Waals surface area contributed by atoms with Gasteiger partial charge < -0.3 is 15.3 Å². The lowest BCUT2D eigenvalue weighted by Crippen LogP contribution is -2.43. The molecule has 6 nitrogen and oxygen atoms in total. The summed E-state index contributed by atoms with van der Waals surface area (Å²) in [7, 11) is 0. The molecule has 2 N–H and O–H groups in total. The van der Waals surface area contributed by atoms with E-state index >= 15 is 0 Å². The van der Waals surface area contributed by atoms with Gasteiger partial charge in [-0.2, -0.15) is 5.10 Å². The highest BCUT2D eigenvalue weighted by atomic mass is 16.3. The Hall–Kier alpha value is -2.18. The zero-order chi connectivity index (χ0) is 17.6. The summed E-state index contributed by atoms with van der Waals surface area (Å²) < 4.78 is 1.71. The van der Waals surface area contributed by atoms with Crippen molar-refractivity contribution in [3.8, 4) is 5.69 Å². The summed E-state index contributed by atoms with van der Waals surface area (Å²) in [5.74, 6) is 0.593. The third-order valence-electron chi connectivity index (χ3n) is 4.72. The summed E-state index contributed by atoms with van der Waals surface area (Å²) in [6.07, 6.45) is 5.34. The van der Waals surface area contributed by atoms with Gasteiger partial charge in [0.15, 0.2) is 0 Å². The Morgan fingerprint density at radius 1 is 1.36 bits per heavy atom. The number of piperidine rings is 1. The molecular weight excluding hydrogens is 316 g/mol. The van der Waals surface area contributed by atoms with Gasteiger partial charge in [0.05, 0.1) is 11.8 Å². The molecule has 1 aliphatic rings. The number of amides is 1. The highest BCUT2D eigenvalue weighted by Crippen LogP contribution is 2.16. The Morgan fingerprint density at radius 3 is 2.88 bits per heavy atom. The maximum atomic E-state index is 12.3. The molecule has 0 bridgehead atoms. The number of hydrogen-bond acceptors (Lipinski definition) is 4. The first-order valence-corrected chi connectivity index (χ1v) is 8.90. The molecule has 0 spiro atoms. The minimum absolute atomic E-state index is 0.180. The van der Waals surface area contributed by atoms with Crippen molar-refractivity contribution in [3.05, 3.63) is 48.3 Å². The minimum Gasteiger partial charge on any atom is -0.390 e. The number of nitrogens with zero attached hydrogens (tertiary/aromatic N) is 3. The molecule has 1 saturated heterocycles. The van der Waals surface area contributed by atoms with Crippen LogP contribution in [0.3, 0.4) is 0 Å².